The Hall–Kier alpha value is -1.54. The summed E-state index contributed by atoms with van der Waals surface area (Å²) in [6, 6.07) is -0.659. The topological polar surface area (TPSA) is 72.6 Å². The molecule has 0 aromatic carbocycles. The molecule has 0 aromatic heterocycles. The van der Waals surface area contributed by atoms with Crippen molar-refractivity contribution in [2.45, 2.75) is 25.3 Å². The van der Waals surface area contributed by atoms with Crippen LogP contribution in [0.2, 0.25) is 0 Å². The molecule has 1 atom stereocenters. The van der Waals surface area contributed by atoms with Gasteiger partial charge in [0.05, 0.1) is 13.2 Å². The Kier molecular flexibility index (Phi) is 6.97. The van der Waals surface area contributed by atoms with Crippen LogP contribution in [0, 0.1) is 12.3 Å². The Bertz CT molecular complexity index is 283. The third-order valence-corrected chi connectivity index (χ3v) is 2.13. The number of nitrogens with zero attached hydrogens (tertiary/aromatic N) is 1. The van der Waals surface area contributed by atoms with Gasteiger partial charge in [0.1, 0.15) is 0 Å². The van der Waals surface area contributed by atoms with E-state index in [-0.39, 0.29) is 18.3 Å². The van der Waals surface area contributed by atoms with Gasteiger partial charge in [0.15, 0.2) is 0 Å². The number of amides is 1. The summed E-state index contributed by atoms with van der Waals surface area (Å²) >= 11 is 0. The predicted octanol–water partition coefficient (Wildman–Crippen LogP) is -0.251. The molecule has 0 aliphatic rings. The van der Waals surface area contributed by atoms with Crippen LogP contribution in [0.3, 0.4) is 0 Å². The van der Waals surface area contributed by atoms with Crippen LogP contribution in [0.15, 0.2) is 0 Å². The number of ether oxygens (including phenoxy) is 1. The second kappa shape index (κ2) is 7.71. The molecule has 5 nitrogen and oxygen atoms in total. The highest BCUT2D eigenvalue weighted by Gasteiger charge is 2.16. The summed E-state index contributed by atoms with van der Waals surface area (Å²) in [5.41, 5.74) is 5.56. The van der Waals surface area contributed by atoms with E-state index in [2.05, 4.69) is 10.7 Å². The van der Waals surface area contributed by atoms with Gasteiger partial charge in [-0.25, -0.2) is 0 Å². The number of nitrogens with two attached hydrogens (primary N) is 1. The van der Waals surface area contributed by atoms with Crippen molar-refractivity contribution in [2.75, 3.05) is 20.7 Å². The van der Waals surface area contributed by atoms with E-state index in [1.807, 2.05) is 0 Å². The molecule has 0 heterocycles. The minimum Gasteiger partial charge on any atom is -0.469 e. The lowest BCUT2D eigenvalue weighted by Crippen LogP contribution is -2.41. The van der Waals surface area contributed by atoms with Crippen molar-refractivity contribution in [2.24, 2.45) is 5.73 Å². The van der Waals surface area contributed by atoms with E-state index in [0.29, 0.717) is 19.4 Å². The van der Waals surface area contributed by atoms with Gasteiger partial charge in [-0.1, -0.05) is 0 Å². The van der Waals surface area contributed by atoms with E-state index in [4.69, 9.17) is 12.2 Å². The van der Waals surface area contributed by atoms with E-state index in [0.717, 1.165) is 0 Å². The zero-order chi connectivity index (χ0) is 12.6. The van der Waals surface area contributed by atoms with Crippen molar-refractivity contribution in [3.05, 3.63) is 0 Å². The first kappa shape index (κ1) is 14.5. The molecule has 0 aliphatic heterocycles. The van der Waals surface area contributed by atoms with Gasteiger partial charge in [-0.05, 0) is 6.42 Å². The molecule has 0 aromatic rings. The number of methoxy groups -OCH3 is 1. The minimum absolute atomic E-state index is 0.206. The highest BCUT2D eigenvalue weighted by molar-refractivity contribution is 5.81. The van der Waals surface area contributed by atoms with E-state index < -0.39 is 6.04 Å². The van der Waals surface area contributed by atoms with E-state index in [9.17, 15) is 9.59 Å². The van der Waals surface area contributed by atoms with Crippen molar-refractivity contribution in [1.29, 1.82) is 0 Å². The van der Waals surface area contributed by atoms with Crippen LogP contribution >= 0.6 is 0 Å². The molecule has 0 aliphatic carbocycles. The largest absolute Gasteiger partial charge is 0.469 e. The predicted molar refractivity (Wildman–Crippen MR) is 60.3 cm³/mol. The Labute approximate surface area is 95.9 Å². The molecule has 16 heavy (non-hydrogen) atoms. The van der Waals surface area contributed by atoms with Gasteiger partial charge >= 0.3 is 5.97 Å². The van der Waals surface area contributed by atoms with Crippen LogP contribution in [0.4, 0.5) is 0 Å². The third-order valence-electron chi connectivity index (χ3n) is 2.13. The lowest BCUT2D eigenvalue weighted by Gasteiger charge is -2.19. The molecule has 0 rings (SSSR count). The smallest absolute Gasteiger partial charge is 0.305 e. The normalized spacial score (nSPS) is 11.4. The molecular formula is C11H18N2O3. The van der Waals surface area contributed by atoms with Crippen LogP contribution in [-0.4, -0.2) is 43.5 Å². The van der Waals surface area contributed by atoms with Crippen LogP contribution in [-0.2, 0) is 14.3 Å². The van der Waals surface area contributed by atoms with Gasteiger partial charge in [-0.15, -0.1) is 12.3 Å². The number of hydrogen-bond acceptors (Lipinski definition) is 4. The van der Waals surface area contributed by atoms with Gasteiger partial charge in [0, 0.05) is 26.4 Å². The molecule has 5 heteroatoms. The molecular weight excluding hydrogens is 208 g/mol. The second-order valence-electron chi connectivity index (χ2n) is 3.45. The standard InChI is InChI=1S/C11H18N2O3/c1-4-6-9(12)11(15)13(2)8-5-7-10(14)16-3/h1,9H,5-8,12H2,2-3H3. The molecule has 1 amide bonds. The number of carbonyl (C=O) groups is 2. The number of carbonyl (C=O) groups excluding carboxylic acids is 2. The van der Waals surface area contributed by atoms with Crippen molar-refractivity contribution in [3.63, 3.8) is 0 Å². The van der Waals surface area contributed by atoms with E-state index >= 15 is 0 Å². The van der Waals surface area contributed by atoms with Gasteiger partial charge < -0.3 is 15.4 Å². The molecule has 0 saturated carbocycles. The molecule has 2 N–H and O–H groups in total. The molecule has 0 spiro atoms. The second-order valence-corrected chi connectivity index (χ2v) is 3.45. The highest BCUT2D eigenvalue weighted by Crippen LogP contribution is 1.98. The number of hydrogen-bond donors (Lipinski definition) is 1. The minimum atomic E-state index is -0.659. The maximum Gasteiger partial charge on any atom is 0.305 e. The van der Waals surface area contributed by atoms with Gasteiger partial charge in [0.25, 0.3) is 0 Å². The van der Waals surface area contributed by atoms with Gasteiger partial charge in [-0.2, -0.15) is 0 Å². The zero-order valence-electron chi connectivity index (χ0n) is 9.73. The molecule has 90 valence electrons. The first-order valence-corrected chi connectivity index (χ1v) is 5.03. The van der Waals surface area contributed by atoms with E-state index in [1.165, 1.54) is 12.0 Å². The van der Waals surface area contributed by atoms with Crippen LogP contribution in [0.25, 0.3) is 0 Å². The SMILES string of the molecule is C#CCC(N)C(=O)N(C)CCCC(=O)OC. The Balaban J connectivity index is 3.88. The van der Waals surface area contributed by atoms with E-state index in [1.54, 1.807) is 7.05 Å². The fourth-order valence-electron chi connectivity index (χ4n) is 1.17. The quantitative estimate of drug-likeness (QED) is 0.500. The summed E-state index contributed by atoms with van der Waals surface area (Å²) in [5.74, 6) is 1.85. The fourth-order valence-corrected chi connectivity index (χ4v) is 1.17. The summed E-state index contributed by atoms with van der Waals surface area (Å²) in [6.45, 7) is 0.464. The lowest BCUT2D eigenvalue weighted by atomic mass is 10.2. The van der Waals surface area contributed by atoms with Crippen molar-refractivity contribution < 1.29 is 14.3 Å². The first-order valence-electron chi connectivity index (χ1n) is 5.03. The number of terminal acetylenes is 1. The lowest BCUT2D eigenvalue weighted by molar-refractivity contribution is -0.141. The number of esters is 1. The summed E-state index contributed by atoms with van der Waals surface area (Å²) in [4.78, 5) is 23.9. The molecule has 0 fully saturated rings. The highest BCUT2D eigenvalue weighted by atomic mass is 16.5. The maximum absolute atomic E-state index is 11.6. The van der Waals surface area contributed by atoms with Crippen LogP contribution < -0.4 is 5.73 Å². The summed E-state index contributed by atoms with van der Waals surface area (Å²) in [6.07, 6.45) is 6.13. The van der Waals surface area contributed by atoms with Crippen LogP contribution in [0.5, 0.6) is 0 Å². The summed E-state index contributed by atoms with van der Waals surface area (Å²) < 4.78 is 4.48. The zero-order valence-corrected chi connectivity index (χ0v) is 9.73. The van der Waals surface area contributed by atoms with Crippen molar-refractivity contribution in [3.8, 4) is 12.3 Å². The number of rotatable bonds is 6. The molecule has 0 radical (unpaired) electrons. The monoisotopic (exact) mass is 226 g/mol. The first-order chi connectivity index (χ1) is 7.52. The molecule has 0 saturated heterocycles. The van der Waals surface area contributed by atoms with Crippen LogP contribution in [0.1, 0.15) is 19.3 Å². The summed E-state index contributed by atoms with van der Waals surface area (Å²) in [7, 11) is 2.97. The van der Waals surface area contributed by atoms with Gasteiger partial charge in [0.2, 0.25) is 5.91 Å². The number of likely N-dealkylation sites (N-methyl/N-ethyl adjacent to an activating group) is 1. The van der Waals surface area contributed by atoms with Gasteiger partial charge in [-0.3, -0.25) is 9.59 Å². The van der Waals surface area contributed by atoms with Crippen molar-refractivity contribution >= 4 is 11.9 Å². The Morgan fingerprint density at radius 1 is 1.56 bits per heavy atom. The Morgan fingerprint density at radius 2 is 2.19 bits per heavy atom. The average Bonchev–Trinajstić information content (AvgIpc) is 2.27. The summed E-state index contributed by atoms with van der Waals surface area (Å²) in [5, 5.41) is 0. The molecule has 1 unspecified atom stereocenters. The third kappa shape index (κ3) is 5.37. The molecule has 0 bridgehead atoms. The Morgan fingerprint density at radius 3 is 2.69 bits per heavy atom. The van der Waals surface area contributed by atoms with Crippen molar-refractivity contribution in [1.82, 2.24) is 4.90 Å². The average molecular weight is 226 g/mol. The fraction of sp³-hybridized carbons (Fsp3) is 0.636. The maximum atomic E-state index is 11.6.